The summed E-state index contributed by atoms with van der Waals surface area (Å²) in [6, 6.07) is 16.7. The van der Waals surface area contributed by atoms with Crippen LogP contribution in [0.4, 0.5) is 11.4 Å². The molecule has 2 N–H and O–H groups in total. The van der Waals surface area contributed by atoms with Crippen LogP contribution in [0.3, 0.4) is 0 Å². The van der Waals surface area contributed by atoms with Crippen molar-refractivity contribution in [1.82, 2.24) is 0 Å². The number of sulfone groups is 1. The predicted octanol–water partition coefficient (Wildman–Crippen LogP) is 5.18. The minimum atomic E-state index is -3.43. The molecule has 0 unspecified atom stereocenters. The first-order valence-electron chi connectivity index (χ1n) is 10.3. The number of halogens is 1. The van der Waals surface area contributed by atoms with Crippen molar-refractivity contribution in [2.45, 2.75) is 31.6 Å². The van der Waals surface area contributed by atoms with Gasteiger partial charge in [-0.05, 0) is 67.8 Å². The smallest absolute Gasteiger partial charge is 0.255 e. The van der Waals surface area contributed by atoms with Crippen LogP contribution in [-0.4, -0.2) is 26.5 Å². The monoisotopic (exact) mass is 484 g/mol. The van der Waals surface area contributed by atoms with E-state index in [-0.39, 0.29) is 21.4 Å². The second-order valence-electron chi connectivity index (χ2n) is 7.93. The van der Waals surface area contributed by atoms with Crippen molar-refractivity contribution in [2.75, 3.05) is 16.9 Å². The van der Waals surface area contributed by atoms with Crippen molar-refractivity contribution in [3.63, 3.8) is 0 Å². The van der Waals surface area contributed by atoms with Crippen molar-refractivity contribution in [3.05, 3.63) is 87.9 Å². The van der Waals surface area contributed by atoms with Gasteiger partial charge in [0.05, 0.1) is 15.6 Å². The van der Waals surface area contributed by atoms with E-state index in [9.17, 15) is 18.0 Å². The zero-order valence-electron chi connectivity index (χ0n) is 18.6. The quantitative estimate of drug-likeness (QED) is 0.483. The van der Waals surface area contributed by atoms with Crippen LogP contribution in [-0.2, 0) is 21.1 Å². The minimum Gasteiger partial charge on any atom is -0.326 e. The Hall–Kier alpha value is -3.16. The molecular weight excluding hydrogens is 460 g/mol. The number of carbonyl (C=O) groups excluding carboxylic acids is 2. The lowest BCUT2D eigenvalue weighted by atomic mass is 10.0. The van der Waals surface area contributed by atoms with Crippen molar-refractivity contribution in [3.8, 4) is 0 Å². The Morgan fingerprint density at radius 2 is 1.70 bits per heavy atom. The third-order valence-corrected chi connectivity index (χ3v) is 6.57. The Bertz CT molecular complexity index is 1320. The van der Waals surface area contributed by atoms with Crippen LogP contribution in [0.25, 0.3) is 0 Å². The zero-order chi connectivity index (χ0) is 24.2. The number of benzene rings is 3. The summed E-state index contributed by atoms with van der Waals surface area (Å²) in [6.07, 6.45) is 2.04. The van der Waals surface area contributed by atoms with Gasteiger partial charge in [0.2, 0.25) is 5.91 Å². The number of amides is 2. The SMILES string of the molecule is Cc1ccc(CCC(=O)Nc2ccc(NC(=O)c3cccc(S(C)(=O)=O)c3)c(Cl)c2)c(C)c1. The molecule has 3 rings (SSSR count). The molecule has 0 radical (unpaired) electrons. The van der Waals surface area contributed by atoms with Gasteiger partial charge in [-0.15, -0.1) is 0 Å². The van der Waals surface area contributed by atoms with E-state index in [1.165, 1.54) is 29.8 Å². The van der Waals surface area contributed by atoms with E-state index in [1.807, 2.05) is 26.0 Å². The lowest BCUT2D eigenvalue weighted by Gasteiger charge is -2.11. The van der Waals surface area contributed by atoms with Crippen LogP contribution in [0, 0.1) is 13.8 Å². The average Bonchev–Trinajstić information content (AvgIpc) is 2.74. The van der Waals surface area contributed by atoms with Gasteiger partial charge >= 0.3 is 0 Å². The van der Waals surface area contributed by atoms with Gasteiger partial charge < -0.3 is 10.6 Å². The number of hydrogen-bond donors (Lipinski definition) is 2. The topological polar surface area (TPSA) is 92.3 Å². The summed E-state index contributed by atoms with van der Waals surface area (Å²) in [5.41, 5.74) is 4.53. The molecule has 0 aliphatic carbocycles. The second kappa shape index (κ2) is 10.2. The third kappa shape index (κ3) is 6.66. The number of rotatable bonds is 7. The fourth-order valence-corrected chi connectivity index (χ4v) is 4.25. The van der Waals surface area contributed by atoms with E-state index in [0.29, 0.717) is 24.2 Å². The van der Waals surface area contributed by atoms with Crippen LogP contribution in [0.5, 0.6) is 0 Å². The van der Waals surface area contributed by atoms with Gasteiger partial charge in [-0.25, -0.2) is 8.42 Å². The number of nitrogens with one attached hydrogen (secondary N) is 2. The molecule has 0 heterocycles. The van der Waals surface area contributed by atoms with Crippen LogP contribution in [0.15, 0.2) is 65.6 Å². The summed E-state index contributed by atoms with van der Waals surface area (Å²) in [4.78, 5) is 25.0. The molecule has 6 nitrogen and oxygen atoms in total. The van der Waals surface area contributed by atoms with E-state index in [1.54, 1.807) is 18.2 Å². The summed E-state index contributed by atoms with van der Waals surface area (Å²) in [5.74, 6) is -0.631. The molecule has 3 aromatic rings. The van der Waals surface area contributed by atoms with Crippen LogP contribution in [0.2, 0.25) is 5.02 Å². The van der Waals surface area contributed by atoms with Crippen molar-refractivity contribution < 1.29 is 18.0 Å². The lowest BCUT2D eigenvalue weighted by Crippen LogP contribution is -2.14. The first-order valence-corrected chi connectivity index (χ1v) is 12.6. The lowest BCUT2D eigenvalue weighted by molar-refractivity contribution is -0.116. The Kier molecular flexibility index (Phi) is 7.56. The van der Waals surface area contributed by atoms with Gasteiger partial charge in [-0.2, -0.15) is 0 Å². The molecule has 0 spiro atoms. The average molecular weight is 485 g/mol. The highest BCUT2D eigenvalue weighted by atomic mass is 35.5. The molecule has 0 fully saturated rings. The summed E-state index contributed by atoms with van der Waals surface area (Å²) < 4.78 is 23.4. The Morgan fingerprint density at radius 1 is 0.939 bits per heavy atom. The standard InChI is InChI=1S/C25H25ClN2O4S/c1-16-7-8-18(17(2)13-16)9-12-24(29)27-20-10-11-23(22(26)15-20)28-25(30)19-5-4-6-21(14-19)33(3,31)32/h4-8,10-11,13-15H,9,12H2,1-3H3,(H,27,29)(H,28,30). The van der Waals surface area contributed by atoms with Gasteiger partial charge in [-0.3, -0.25) is 9.59 Å². The zero-order valence-corrected chi connectivity index (χ0v) is 20.2. The van der Waals surface area contributed by atoms with E-state index in [2.05, 4.69) is 16.7 Å². The summed E-state index contributed by atoms with van der Waals surface area (Å²) in [6.45, 7) is 4.07. The minimum absolute atomic E-state index is 0.0557. The first-order chi connectivity index (χ1) is 15.5. The molecule has 0 bridgehead atoms. The predicted molar refractivity (Wildman–Crippen MR) is 132 cm³/mol. The number of aryl methyl sites for hydroxylation is 3. The normalized spacial score (nSPS) is 11.2. The maximum absolute atomic E-state index is 12.5. The molecule has 0 saturated heterocycles. The summed E-state index contributed by atoms with van der Waals surface area (Å²) in [5, 5.41) is 5.73. The molecule has 3 aromatic carbocycles. The second-order valence-corrected chi connectivity index (χ2v) is 10.3. The summed E-state index contributed by atoms with van der Waals surface area (Å²) in [7, 11) is -3.43. The van der Waals surface area contributed by atoms with E-state index in [4.69, 9.17) is 11.6 Å². The van der Waals surface area contributed by atoms with Crippen molar-refractivity contribution >= 4 is 44.6 Å². The molecule has 0 aromatic heterocycles. The van der Waals surface area contributed by atoms with E-state index < -0.39 is 15.7 Å². The van der Waals surface area contributed by atoms with Crippen LogP contribution >= 0.6 is 11.6 Å². The molecule has 8 heteroatoms. The highest BCUT2D eigenvalue weighted by Gasteiger charge is 2.14. The van der Waals surface area contributed by atoms with Gasteiger partial charge in [-0.1, -0.05) is 41.4 Å². The fraction of sp³-hybridized carbons (Fsp3) is 0.200. The van der Waals surface area contributed by atoms with Crippen LogP contribution < -0.4 is 10.6 Å². The van der Waals surface area contributed by atoms with Crippen molar-refractivity contribution in [1.29, 1.82) is 0 Å². The maximum Gasteiger partial charge on any atom is 0.255 e. The molecular formula is C25H25ClN2O4S. The number of carbonyl (C=O) groups is 2. The van der Waals surface area contributed by atoms with E-state index in [0.717, 1.165) is 17.4 Å². The fourth-order valence-electron chi connectivity index (χ4n) is 3.35. The third-order valence-electron chi connectivity index (χ3n) is 5.14. The molecule has 0 aliphatic heterocycles. The molecule has 2 amide bonds. The molecule has 0 saturated carbocycles. The Morgan fingerprint density at radius 3 is 2.36 bits per heavy atom. The number of hydrogen-bond acceptors (Lipinski definition) is 4. The molecule has 0 atom stereocenters. The highest BCUT2D eigenvalue weighted by Crippen LogP contribution is 2.26. The molecule has 33 heavy (non-hydrogen) atoms. The van der Waals surface area contributed by atoms with E-state index >= 15 is 0 Å². The largest absolute Gasteiger partial charge is 0.326 e. The summed E-state index contributed by atoms with van der Waals surface area (Å²) >= 11 is 6.29. The number of anilines is 2. The van der Waals surface area contributed by atoms with Crippen molar-refractivity contribution in [2.24, 2.45) is 0 Å². The van der Waals surface area contributed by atoms with Gasteiger partial charge in [0.25, 0.3) is 5.91 Å². The van der Waals surface area contributed by atoms with Gasteiger partial charge in [0, 0.05) is 23.9 Å². The van der Waals surface area contributed by atoms with Gasteiger partial charge in [0.1, 0.15) is 0 Å². The van der Waals surface area contributed by atoms with Gasteiger partial charge in [0.15, 0.2) is 9.84 Å². The maximum atomic E-state index is 12.5. The van der Waals surface area contributed by atoms with Crippen LogP contribution in [0.1, 0.15) is 33.5 Å². The Labute approximate surface area is 198 Å². The Balaban J connectivity index is 1.62. The molecule has 0 aliphatic rings. The first kappa shape index (κ1) is 24.5. The highest BCUT2D eigenvalue weighted by molar-refractivity contribution is 7.90. The molecule has 172 valence electrons.